The van der Waals surface area contributed by atoms with E-state index in [1.54, 1.807) is 0 Å². The number of hydrogen-bond donors (Lipinski definition) is 1. The molecule has 0 amide bonds. The van der Waals surface area contributed by atoms with Crippen molar-refractivity contribution in [2.75, 3.05) is 25.0 Å². The van der Waals surface area contributed by atoms with Crippen LogP contribution in [0.5, 0.6) is 0 Å². The van der Waals surface area contributed by atoms with Crippen LogP contribution in [0.3, 0.4) is 0 Å². The zero-order valence-electron chi connectivity index (χ0n) is 10.4. The third-order valence-corrected chi connectivity index (χ3v) is 3.88. The highest BCUT2D eigenvalue weighted by atomic mass is 79.9. The Morgan fingerprint density at radius 2 is 2.00 bits per heavy atom. The van der Waals surface area contributed by atoms with Gasteiger partial charge in [-0.15, -0.1) is 6.42 Å². The van der Waals surface area contributed by atoms with Gasteiger partial charge in [-0.3, -0.25) is 4.90 Å². The Labute approximate surface area is 120 Å². The fourth-order valence-electron chi connectivity index (χ4n) is 2.22. The molecule has 1 aromatic carbocycles. The van der Waals surface area contributed by atoms with Gasteiger partial charge < -0.3 is 5.32 Å². The molecular weight excluding hydrogens is 314 g/mol. The van der Waals surface area contributed by atoms with E-state index in [4.69, 9.17) is 6.42 Å². The normalized spacial score (nSPS) is 17.2. The van der Waals surface area contributed by atoms with E-state index in [1.807, 2.05) is 0 Å². The zero-order chi connectivity index (χ0) is 13.8. The standard InChI is InChI=1S/C14H15BrF2N2/c1-2-5-19-6-3-10(4-7-19)18-14-9-12(16)11(15)8-13(14)17/h1,8-10,18H,3-7H2. The minimum atomic E-state index is -0.464. The average Bonchev–Trinajstić information content (AvgIpc) is 2.38. The Hall–Kier alpha value is -1.12. The second-order valence-corrected chi connectivity index (χ2v) is 5.50. The van der Waals surface area contributed by atoms with Crippen LogP contribution >= 0.6 is 15.9 Å². The van der Waals surface area contributed by atoms with Crippen molar-refractivity contribution in [1.29, 1.82) is 0 Å². The van der Waals surface area contributed by atoms with E-state index in [2.05, 4.69) is 32.1 Å². The summed E-state index contributed by atoms with van der Waals surface area (Å²) in [4.78, 5) is 2.18. The van der Waals surface area contributed by atoms with Crippen LogP contribution in [0.4, 0.5) is 14.5 Å². The van der Waals surface area contributed by atoms with Crippen LogP contribution in [-0.4, -0.2) is 30.6 Å². The summed E-state index contributed by atoms with van der Waals surface area (Å²) in [5, 5.41) is 3.07. The van der Waals surface area contributed by atoms with Crippen LogP contribution in [0.15, 0.2) is 16.6 Å². The number of rotatable bonds is 3. The van der Waals surface area contributed by atoms with Crippen LogP contribution < -0.4 is 5.32 Å². The van der Waals surface area contributed by atoms with Gasteiger partial charge in [-0.2, -0.15) is 0 Å². The molecule has 2 rings (SSSR count). The van der Waals surface area contributed by atoms with Crippen molar-refractivity contribution in [3.8, 4) is 12.3 Å². The molecule has 1 N–H and O–H groups in total. The summed E-state index contributed by atoms with van der Waals surface area (Å²) in [6.45, 7) is 2.40. The molecule has 5 heteroatoms. The molecule has 19 heavy (non-hydrogen) atoms. The number of nitrogens with one attached hydrogen (secondary N) is 1. The molecule has 0 aliphatic carbocycles. The Bertz CT molecular complexity index is 491. The van der Waals surface area contributed by atoms with E-state index in [0.29, 0.717) is 6.54 Å². The fourth-order valence-corrected chi connectivity index (χ4v) is 2.53. The zero-order valence-corrected chi connectivity index (χ0v) is 12.0. The second-order valence-electron chi connectivity index (χ2n) is 4.65. The predicted octanol–water partition coefficient (Wildman–Crippen LogP) is 3.24. The molecule has 0 aromatic heterocycles. The first-order valence-corrected chi connectivity index (χ1v) is 6.96. The number of hydrogen-bond acceptors (Lipinski definition) is 2. The van der Waals surface area contributed by atoms with Crippen LogP contribution in [0, 0.1) is 24.0 Å². The van der Waals surface area contributed by atoms with Crippen molar-refractivity contribution in [3.05, 3.63) is 28.2 Å². The molecule has 1 aliphatic heterocycles. The lowest BCUT2D eigenvalue weighted by Gasteiger charge is -2.31. The summed E-state index contributed by atoms with van der Waals surface area (Å²) < 4.78 is 27.2. The maximum absolute atomic E-state index is 13.7. The quantitative estimate of drug-likeness (QED) is 0.677. The molecular formula is C14H15BrF2N2. The van der Waals surface area contributed by atoms with E-state index in [-0.39, 0.29) is 16.2 Å². The van der Waals surface area contributed by atoms with E-state index >= 15 is 0 Å². The largest absolute Gasteiger partial charge is 0.380 e. The molecule has 0 radical (unpaired) electrons. The van der Waals surface area contributed by atoms with E-state index in [1.165, 1.54) is 6.07 Å². The summed E-state index contributed by atoms with van der Waals surface area (Å²) in [7, 11) is 0. The lowest BCUT2D eigenvalue weighted by molar-refractivity contribution is 0.243. The molecule has 0 unspecified atom stereocenters. The third-order valence-electron chi connectivity index (χ3n) is 3.27. The number of nitrogens with zero attached hydrogens (tertiary/aromatic N) is 1. The summed E-state index contributed by atoms with van der Waals surface area (Å²) in [6, 6.07) is 2.49. The average molecular weight is 329 g/mol. The maximum atomic E-state index is 13.7. The number of likely N-dealkylation sites (tertiary alicyclic amines) is 1. The number of piperidine rings is 1. The Kier molecular flexibility index (Phi) is 4.78. The summed E-state index contributed by atoms with van der Waals surface area (Å²) >= 11 is 2.96. The fraction of sp³-hybridized carbons (Fsp3) is 0.429. The van der Waals surface area contributed by atoms with Crippen LogP contribution in [0.25, 0.3) is 0 Å². The third kappa shape index (κ3) is 3.68. The minimum absolute atomic E-state index is 0.138. The first-order chi connectivity index (χ1) is 9.10. The second kappa shape index (κ2) is 6.36. The summed E-state index contributed by atoms with van der Waals surface area (Å²) in [5.74, 6) is 1.71. The van der Waals surface area contributed by atoms with Crippen LogP contribution in [-0.2, 0) is 0 Å². The molecule has 1 aliphatic rings. The molecule has 2 nitrogen and oxygen atoms in total. The van der Waals surface area contributed by atoms with Gasteiger partial charge in [0.15, 0.2) is 0 Å². The van der Waals surface area contributed by atoms with Gasteiger partial charge in [0.25, 0.3) is 0 Å². The molecule has 0 atom stereocenters. The Balaban J connectivity index is 1.96. The first kappa shape index (κ1) is 14.3. The van der Waals surface area contributed by atoms with Gasteiger partial charge >= 0.3 is 0 Å². The van der Waals surface area contributed by atoms with E-state index < -0.39 is 11.6 Å². The molecule has 1 heterocycles. The highest BCUT2D eigenvalue weighted by Gasteiger charge is 2.19. The summed E-state index contributed by atoms with van der Waals surface area (Å²) in [5.41, 5.74) is 0.219. The van der Waals surface area contributed by atoms with Gasteiger partial charge in [0.1, 0.15) is 11.6 Å². The number of halogens is 3. The van der Waals surface area contributed by atoms with Gasteiger partial charge in [-0.1, -0.05) is 5.92 Å². The molecule has 0 saturated carbocycles. The highest BCUT2D eigenvalue weighted by molar-refractivity contribution is 9.10. The topological polar surface area (TPSA) is 15.3 Å². The summed E-state index contributed by atoms with van der Waals surface area (Å²) in [6.07, 6.45) is 7.01. The SMILES string of the molecule is C#CCN1CCC(Nc2cc(F)c(Br)cc2F)CC1. The van der Waals surface area contributed by atoms with Crippen LogP contribution in [0.1, 0.15) is 12.8 Å². The van der Waals surface area contributed by atoms with Crippen LogP contribution in [0.2, 0.25) is 0 Å². The maximum Gasteiger partial charge on any atom is 0.147 e. The minimum Gasteiger partial charge on any atom is -0.380 e. The van der Waals surface area contributed by atoms with E-state index in [9.17, 15) is 8.78 Å². The predicted molar refractivity (Wildman–Crippen MR) is 76.0 cm³/mol. The van der Waals surface area contributed by atoms with Crippen molar-refractivity contribution in [1.82, 2.24) is 4.90 Å². The smallest absolute Gasteiger partial charge is 0.147 e. The van der Waals surface area contributed by atoms with Gasteiger partial charge in [-0.05, 0) is 34.8 Å². The molecule has 0 spiro atoms. The number of terminal acetylenes is 1. The number of benzene rings is 1. The van der Waals surface area contributed by atoms with Gasteiger partial charge in [0, 0.05) is 25.2 Å². The van der Waals surface area contributed by atoms with Crippen molar-refractivity contribution in [2.24, 2.45) is 0 Å². The van der Waals surface area contributed by atoms with Gasteiger partial charge in [0.05, 0.1) is 16.7 Å². The number of anilines is 1. The van der Waals surface area contributed by atoms with Gasteiger partial charge in [-0.25, -0.2) is 8.78 Å². The van der Waals surface area contributed by atoms with Crippen molar-refractivity contribution < 1.29 is 8.78 Å². The molecule has 1 fully saturated rings. The van der Waals surface area contributed by atoms with Gasteiger partial charge in [0.2, 0.25) is 0 Å². The molecule has 1 aromatic rings. The lowest BCUT2D eigenvalue weighted by Crippen LogP contribution is -2.39. The highest BCUT2D eigenvalue weighted by Crippen LogP contribution is 2.25. The van der Waals surface area contributed by atoms with Crippen molar-refractivity contribution >= 4 is 21.6 Å². The van der Waals surface area contributed by atoms with Crippen molar-refractivity contribution in [2.45, 2.75) is 18.9 Å². The molecule has 102 valence electrons. The molecule has 0 bridgehead atoms. The van der Waals surface area contributed by atoms with E-state index in [0.717, 1.165) is 32.0 Å². The monoisotopic (exact) mass is 328 g/mol. The Morgan fingerprint density at radius 1 is 1.32 bits per heavy atom. The Morgan fingerprint density at radius 3 is 2.63 bits per heavy atom. The lowest BCUT2D eigenvalue weighted by atomic mass is 10.0. The molecule has 1 saturated heterocycles. The van der Waals surface area contributed by atoms with Crippen molar-refractivity contribution in [3.63, 3.8) is 0 Å². The first-order valence-electron chi connectivity index (χ1n) is 6.17.